The maximum atomic E-state index is 12.9. The second-order valence-corrected chi connectivity index (χ2v) is 10.0. The third kappa shape index (κ3) is 8.30. The topological polar surface area (TPSA) is 52.6 Å². The monoisotopic (exact) mass is 466 g/mol. The Bertz CT molecular complexity index is 786. The summed E-state index contributed by atoms with van der Waals surface area (Å²) in [5.41, 5.74) is 1.12. The van der Waals surface area contributed by atoms with E-state index in [9.17, 15) is 9.59 Å². The van der Waals surface area contributed by atoms with Crippen LogP contribution in [0.15, 0.2) is 60.7 Å². The number of hydrogen-bond acceptors (Lipinski definition) is 4. The first-order valence-corrected chi connectivity index (χ1v) is 12.8. The summed E-state index contributed by atoms with van der Waals surface area (Å²) in [5, 5.41) is 0. The standard InChI is InChI=1S/C30H42O4/c1-7-27(33-29(31)23-15-11-9-12-16-23)25(19-21(3)4)26(20-22(5)6)28(8-2)34-30(32)24-17-13-10-14-18-24/h9-18,21-22,25-28H,7-8,19-20H2,1-6H3. The van der Waals surface area contributed by atoms with Gasteiger partial charge in [0, 0.05) is 11.8 Å². The number of carbonyl (C=O) groups excluding carboxylic acids is 2. The minimum absolute atomic E-state index is 0.0913. The molecule has 4 unspecified atom stereocenters. The summed E-state index contributed by atoms with van der Waals surface area (Å²) in [7, 11) is 0. The Kier molecular flexibility index (Phi) is 11.3. The summed E-state index contributed by atoms with van der Waals surface area (Å²) < 4.78 is 12.2. The van der Waals surface area contributed by atoms with Crippen LogP contribution in [-0.2, 0) is 9.47 Å². The van der Waals surface area contributed by atoms with Crippen LogP contribution in [0.4, 0.5) is 0 Å². The lowest BCUT2D eigenvalue weighted by molar-refractivity contribution is -0.0449. The van der Waals surface area contributed by atoms with Crippen molar-refractivity contribution < 1.29 is 19.1 Å². The lowest BCUT2D eigenvalue weighted by Gasteiger charge is -2.39. The molecule has 0 radical (unpaired) electrons. The highest BCUT2D eigenvalue weighted by Crippen LogP contribution is 2.37. The van der Waals surface area contributed by atoms with Crippen LogP contribution in [0.1, 0.15) is 87.9 Å². The van der Waals surface area contributed by atoms with Crippen LogP contribution in [0.5, 0.6) is 0 Å². The van der Waals surface area contributed by atoms with Gasteiger partial charge in [0.2, 0.25) is 0 Å². The maximum Gasteiger partial charge on any atom is 0.338 e. The molecule has 0 saturated carbocycles. The van der Waals surface area contributed by atoms with E-state index in [1.807, 2.05) is 36.4 Å². The van der Waals surface area contributed by atoms with Gasteiger partial charge < -0.3 is 9.47 Å². The Morgan fingerprint density at radius 2 is 0.941 bits per heavy atom. The van der Waals surface area contributed by atoms with Crippen molar-refractivity contribution in [3.63, 3.8) is 0 Å². The van der Waals surface area contributed by atoms with Gasteiger partial charge in [0.05, 0.1) is 11.1 Å². The third-order valence-electron chi connectivity index (χ3n) is 6.33. The summed E-state index contributed by atoms with van der Waals surface area (Å²) in [5.74, 6) is 0.442. The Morgan fingerprint density at radius 3 is 1.21 bits per heavy atom. The molecule has 4 heteroatoms. The minimum Gasteiger partial charge on any atom is -0.458 e. The first-order valence-electron chi connectivity index (χ1n) is 12.8. The van der Waals surface area contributed by atoms with E-state index in [0.29, 0.717) is 35.8 Å². The SMILES string of the molecule is CCC(OC(=O)c1ccccc1)C(CC(C)C)C(CC(C)C)C(CC)OC(=O)c1ccccc1. The summed E-state index contributed by atoms with van der Waals surface area (Å²) in [6, 6.07) is 18.3. The fourth-order valence-corrected chi connectivity index (χ4v) is 4.80. The molecule has 0 N–H and O–H groups in total. The van der Waals surface area contributed by atoms with E-state index in [0.717, 1.165) is 12.8 Å². The molecule has 0 saturated heterocycles. The van der Waals surface area contributed by atoms with E-state index in [1.165, 1.54) is 0 Å². The summed E-state index contributed by atoms with van der Waals surface area (Å²) in [6.07, 6.45) is 2.74. The second-order valence-electron chi connectivity index (χ2n) is 10.0. The fraction of sp³-hybridized carbons (Fsp3) is 0.533. The highest BCUT2D eigenvalue weighted by Gasteiger charge is 2.38. The third-order valence-corrected chi connectivity index (χ3v) is 6.33. The van der Waals surface area contributed by atoms with Crippen LogP contribution in [-0.4, -0.2) is 24.1 Å². The largest absolute Gasteiger partial charge is 0.458 e. The van der Waals surface area contributed by atoms with Crippen LogP contribution in [0.3, 0.4) is 0 Å². The lowest BCUT2D eigenvalue weighted by Crippen LogP contribution is -2.40. The Morgan fingerprint density at radius 1 is 0.618 bits per heavy atom. The molecule has 186 valence electrons. The predicted molar refractivity (Wildman–Crippen MR) is 138 cm³/mol. The first-order chi connectivity index (χ1) is 16.3. The van der Waals surface area contributed by atoms with E-state index >= 15 is 0 Å². The number of benzene rings is 2. The van der Waals surface area contributed by atoms with E-state index in [2.05, 4.69) is 41.5 Å². The predicted octanol–water partition coefficient (Wildman–Crippen LogP) is 7.58. The van der Waals surface area contributed by atoms with Gasteiger partial charge in [-0.15, -0.1) is 0 Å². The molecule has 0 aliphatic carbocycles. The van der Waals surface area contributed by atoms with Gasteiger partial charge in [-0.2, -0.15) is 0 Å². The first kappa shape index (κ1) is 27.6. The average Bonchev–Trinajstić information content (AvgIpc) is 2.84. The van der Waals surface area contributed by atoms with Gasteiger partial charge in [-0.1, -0.05) is 77.9 Å². The van der Waals surface area contributed by atoms with Gasteiger partial charge in [0.1, 0.15) is 12.2 Å². The van der Waals surface area contributed by atoms with Gasteiger partial charge in [-0.3, -0.25) is 0 Å². The number of ether oxygens (including phenoxy) is 2. The quantitative estimate of drug-likeness (QED) is 0.285. The number of carbonyl (C=O) groups is 2. The Labute approximate surface area is 206 Å². The maximum absolute atomic E-state index is 12.9. The molecule has 2 aromatic rings. The molecule has 0 aliphatic rings. The van der Waals surface area contributed by atoms with Crippen molar-refractivity contribution in [1.82, 2.24) is 0 Å². The lowest BCUT2D eigenvalue weighted by atomic mass is 9.73. The van der Waals surface area contributed by atoms with Gasteiger partial charge >= 0.3 is 11.9 Å². The van der Waals surface area contributed by atoms with Crippen molar-refractivity contribution in [3.05, 3.63) is 71.8 Å². The summed E-state index contributed by atoms with van der Waals surface area (Å²) in [4.78, 5) is 25.9. The van der Waals surface area contributed by atoms with E-state index in [1.54, 1.807) is 24.3 Å². The van der Waals surface area contributed by atoms with Crippen molar-refractivity contribution >= 4 is 11.9 Å². The van der Waals surface area contributed by atoms with Crippen LogP contribution >= 0.6 is 0 Å². The van der Waals surface area contributed by atoms with E-state index < -0.39 is 0 Å². The van der Waals surface area contributed by atoms with Crippen molar-refractivity contribution in [3.8, 4) is 0 Å². The minimum atomic E-state index is -0.293. The fourth-order valence-electron chi connectivity index (χ4n) is 4.80. The average molecular weight is 467 g/mol. The summed E-state index contributed by atoms with van der Waals surface area (Å²) >= 11 is 0. The molecule has 4 atom stereocenters. The van der Waals surface area contributed by atoms with Crippen LogP contribution in [0.2, 0.25) is 0 Å². The highest BCUT2D eigenvalue weighted by atomic mass is 16.6. The molecular formula is C30H42O4. The Balaban J connectivity index is 2.34. The van der Waals surface area contributed by atoms with Gasteiger partial charge in [-0.05, 0) is 61.8 Å². The van der Waals surface area contributed by atoms with Crippen molar-refractivity contribution in [2.45, 2.75) is 79.4 Å². The zero-order chi connectivity index (χ0) is 25.1. The van der Waals surface area contributed by atoms with E-state index in [-0.39, 0.29) is 36.0 Å². The molecule has 4 nitrogen and oxygen atoms in total. The van der Waals surface area contributed by atoms with Crippen LogP contribution < -0.4 is 0 Å². The zero-order valence-corrected chi connectivity index (χ0v) is 21.7. The zero-order valence-electron chi connectivity index (χ0n) is 21.7. The summed E-state index contributed by atoms with van der Waals surface area (Å²) in [6.45, 7) is 12.9. The molecule has 0 aliphatic heterocycles. The van der Waals surface area contributed by atoms with Crippen LogP contribution in [0, 0.1) is 23.7 Å². The van der Waals surface area contributed by atoms with E-state index in [4.69, 9.17) is 9.47 Å². The number of hydrogen-bond donors (Lipinski definition) is 0. The molecule has 0 amide bonds. The number of rotatable bonds is 13. The van der Waals surface area contributed by atoms with Crippen molar-refractivity contribution in [2.75, 3.05) is 0 Å². The van der Waals surface area contributed by atoms with Crippen molar-refractivity contribution in [1.29, 1.82) is 0 Å². The smallest absolute Gasteiger partial charge is 0.338 e. The van der Waals surface area contributed by atoms with Gasteiger partial charge in [0.15, 0.2) is 0 Å². The molecule has 2 aromatic carbocycles. The molecule has 34 heavy (non-hydrogen) atoms. The van der Waals surface area contributed by atoms with Crippen molar-refractivity contribution in [2.24, 2.45) is 23.7 Å². The van der Waals surface area contributed by atoms with Crippen LogP contribution in [0.25, 0.3) is 0 Å². The molecule has 0 bridgehead atoms. The Hall–Kier alpha value is -2.62. The van der Waals surface area contributed by atoms with Gasteiger partial charge in [-0.25, -0.2) is 9.59 Å². The molecule has 2 rings (SSSR count). The number of esters is 2. The molecular weight excluding hydrogens is 424 g/mol. The second kappa shape index (κ2) is 13.9. The molecule has 0 spiro atoms. The molecule has 0 heterocycles. The normalized spacial score (nSPS) is 14.9. The van der Waals surface area contributed by atoms with Gasteiger partial charge in [0.25, 0.3) is 0 Å². The highest BCUT2D eigenvalue weighted by molar-refractivity contribution is 5.90. The molecule has 0 aromatic heterocycles. The molecule has 0 fully saturated rings.